The van der Waals surface area contributed by atoms with Gasteiger partial charge in [0.05, 0.1) is 25.4 Å². The molecule has 0 saturated carbocycles. The van der Waals surface area contributed by atoms with Gasteiger partial charge in [-0.2, -0.15) is 5.10 Å². The van der Waals surface area contributed by atoms with Crippen LogP contribution in [0.5, 0.6) is 0 Å². The fraction of sp³-hybridized carbons (Fsp3) is 0.115. The molecule has 0 unspecified atom stereocenters. The predicted octanol–water partition coefficient (Wildman–Crippen LogP) is 4.56. The van der Waals surface area contributed by atoms with Crippen LogP contribution in [0.25, 0.3) is 5.69 Å². The lowest BCUT2D eigenvalue weighted by atomic mass is 10.1. The van der Waals surface area contributed by atoms with Crippen LogP contribution in [-0.4, -0.2) is 28.6 Å². The number of carbonyl (C=O) groups excluding carboxylic acids is 1. The van der Waals surface area contributed by atoms with Crippen molar-refractivity contribution < 1.29 is 14.4 Å². The van der Waals surface area contributed by atoms with E-state index in [1.165, 1.54) is 7.11 Å². The van der Waals surface area contributed by atoms with Crippen LogP contribution in [0.4, 0.5) is 0 Å². The van der Waals surface area contributed by atoms with Crippen LogP contribution in [0.1, 0.15) is 22.3 Å². The Bertz CT molecular complexity index is 1180. The van der Waals surface area contributed by atoms with Gasteiger partial charge in [-0.3, -0.25) is 4.79 Å². The standard InChI is InChI=1S/C26H23N3O3/c1-31-25(30)16-20-12-14-21(15-13-20)19-32-28-26(22-8-4-2-5-9-22)23-17-27-29(18-23)24-10-6-3-7-11-24/h2-15,17-18H,16,19H2,1H3/b28-26+. The second-order valence-electron chi connectivity index (χ2n) is 7.16. The van der Waals surface area contributed by atoms with Crippen molar-refractivity contribution in [2.24, 2.45) is 5.16 Å². The third kappa shape index (κ3) is 5.29. The highest BCUT2D eigenvalue weighted by atomic mass is 16.6. The summed E-state index contributed by atoms with van der Waals surface area (Å²) >= 11 is 0. The lowest BCUT2D eigenvalue weighted by Crippen LogP contribution is -2.05. The van der Waals surface area contributed by atoms with Gasteiger partial charge in [0.2, 0.25) is 0 Å². The molecule has 160 valence electrons. The van der Waals surface area contributed by atoms with E-state index in [0.29, 0.717) is 12.3 Å². The molecule has 1 heterocycles. The van der Waals surface area contributed by atoms with Gasteiger partial charge in [-0.05, 0) is 23.3 Å². The molecule has 0 saturated heterocycles. The number of hydrogen-bond acceptors (Lipinski definition) is 5. The van der Waals surface area contributed by atoms with Crippen molar-refractivity contribution in [3.63, 3.8) is 0 Å². The number of methoxy groups -OCH3 is 1. The summed E-state index contributed by atoms with van der Waals surface area (Å²) in [5.41, 5.74) is 5.31. The first kappa shape index (κ1) is 21.1. The van der Waals surface area contributed by atoms with Gasteiger partial charge in [0.15, 0.2) is 0 Å². The topological polar surface area (TPSA) is 65.7 Å². The molecule has 1 aromatic heterocycles. The first-order chi connectivity index (χ1) is 15.7. The average Bonchev–Trinajstić information content (AvgIpc) is 3.34. The van der Waals surface area contributed by atoms with Crippen LogP contribution in [0.2, 0.25) is 0 Å². The molecule has 32 heavy (non-hydrogen) atoms. The first-order valence-electron chi connectivity index (χ1n) is 10.2. The molecule has 0 aliphatic rings. The summed E-state index contributed by atoms with van der Waals surface area (Å²) in [4.78, 5) is 17.1. The smallest absolute Gasteiger partial charge is 0.309 e. The van der Waals surface area contributed by atoms with Crippen molar-refractivity contribution in [1.29, 1.82) is 0 Å². The normalized spacial score (nSPS) is 11.2. The second kappa shape index (κ2) is 10.2. The molecule has 4 aromatic rings. The van der Waals surface area contributed by atoms with Gasteiger partial charge in [-0.15, -0.1) is 0 Å². The summed E-state index contributed by atoms with van der Waals surface area (Å²) in [7, 11) is 1.39. The van der Waals surface area contributed by atoms with Crippen LogP contribution >= 0.6 is 0 Å². The maximum absolute atomic E-state index is 11.4. The zero-order valence-corrected chi connectivity index (χ0v) is 17.7. The number of hydrogen-bond donors (Lipinski definition) is 0. The quantitative estimate of drug-likeness (QED) is 0.236. The van der Waals surface area contributed by atoms with Crippen LogP contribution in [-0.2, 0) is 27.4 Å². The molecule has 4 rings (SSSR count). The van der Waals surface area contributed by atoms with Crippen molar-refractivity contribution in [2.45, 2.75) is 13.0 Å². The number of para-hydroxylation sites is 1. The van der Waals surface area contributed by atoms with E-state index < -0.39 is 0 Å². The molecule has 0 aliphatic heterocycles. The highest BCUT2D eigenvalue weighted by molar-refractivity contribution is 6.12. The van der Waals surface area contributed by atoms with Gasteiger partial charge in [0, 0.05) is 17.3 Å². The maximum Gasteiger partial charge on any atom is 0.309 e. The van der Waals surface area contributed by atoms with Gasteiger partial charge in [-0.25, -0.2) is 4.68 Å². The summed E-state index contributed by atoms with van der Waals surface area (Å²) in [5.74, 6) is -0.262. The zero-order chi connectivity index (χ0) is 22.2. The van der Waals surface area contributed by atoms with E-state index in [4.69, 9.17) is 9.57 Å². The minimum Gasteiger partial charge on any atom is -0.469 e. The molecule has 0 atom stereocenters. The minimum atomic E-state index is -0.262. The number of rotatable bonds is 8. The van der Waals surface area contributed by atoms with Gasteiger partial charge in [-0.1, -0.05) is 78.0 Å². The molecule has 0 spiro atoms. The Hall–Kier alpha value is -4.19. The molecule has 6 heteroatoms. The average molecular weight is 425 g/mol. The summed E-state index contributed by atoms with van der Waals surface area (Å²) in [6.45, 7) is 0.307. The lowest BCUT2D eigenvalue weighted by molar-refractivity contribution is -0.139. The molecular formula is C26H23N3O3. The van der Waals surface area contributed by atoms with Crippen molar-refractivity contribution in [3.8, 4) is 5.69 Å². The van der Waals surface area contributed by atoms with Crippen LogP contribution in [0.3, 0.4) is 0 Å². The molecule has 0 N–H and O–H groups in total. The van der Waals surface area contributed by atoms with E-state index in [2.05, 4.69) is 10.3 Å². The Labute approximate surface area is 186 Å². The highest BCUT2D eigenvalue weighted by Crippen LogP contribution is 2.15. The fourth-order valence-electron chi connectivity index (χ4n) is 3.20. The van der Waals surface area contributed by atoms with Crippen molar-refractivity contribution in [2.75, 3.05) is 7.11 Å². The Balaban J connectivity index is 1.52. The molecule has 0 amide bonds. The van der Waals surface area contributed by atoms with Crippen LogP contribution in [0.15, 0.2) is 102 Å². The molecule has 3 aromatic carbocycles. The SMILES string of the molecule is COC(=O)Cc1ccc(CO/N=C(\c2ccccc2)c2cnn(-c3ccccc3)c2)cc1. The van der Waals surface area contributed by atoms with Gasteiger partial charge in [0.25, 0.3) is 0 Å². The monoisotopic (exact) mass is 425 g/mol. The molecule has 0 bridgehead atoms. The summed E-state index contributed by atoms with van der Waals surface area (Å²) in [6.07, 6.45) is 3.97. The van der Waals surface area contributed by atoms with Crippen molar-refractivity contribution >= 4 is 11.7 Å². The van der Waals surface area contributed by atoms with E-state index in [1.54, 1.807) is 6.20 Å². The van der Waals surface area contributed by atoms with E-state index >= 15 is 0 Å². The Kier molecular flexibility index (Phi) is 6.72. The van der Waals surface area contributed by atoms with E-state index in [9.17, 15) is 4.79 Å². The van der Waals surface area contributed by atoms with Gasteiger partial charge >= 0.3 is 5.97 Å². The lowest BCUT2D eigenvalue weighted by Gasteiger charge is -2.06. The first-order valence-corrected chi connectivity index (χ1v) is 10.2. The number of benzene rings is 3. The highest BCUT2D eigenvalue weighted by Gasteiger charge is 2.11. The summed E-state index contributed by atoms with van der Waals surface area (Å²) in [5, 5.41) is 8.92. The Morgan fingerprint density at radius 3 is 2.22 bits per heavy atom. The summed E-state index contributed by atoms with van der Waals surface area (Å²) in [6, 6.07) is 27.4. The third-order valence-corrected chi connectivity index (χ3v) is 4.91. The van der Waals surface area contributed by atoms with Gasteiger partial charge in [0.1, 0.15) is 12.3 Å². The molecular weight excluding hydrogens is 402 g/mol. The van der Waals surface area contributed by atoms with E-state index in [-0.39, 0.29) is 12.4 Å². The third-order valence-electron chi connectivity index (χ3n) is 4.91. The molecule has 0 radical (unpaired) electrons. The molecule has 0 aliphatic carbocycles. The fourth-order valence-corrected chi connectivity index (χ4v) is 3.20. The van der Waals surface area contributed by atoms with Crippen molar-refractivity contribution in [1.82, 2.24) is 9.78 Å². The summed E-state index contributed by atoms with van der Waals surface area (Å²) < 4.78 is 6.51. The Morgan fingerprint density at radius 2 is 1.53 bits per heavy atom. The van der Waals surface area contributed by atoms with E-state index in [1.807, 2.05) is 95.8 Å². The minimum absolute atomic E-state index is 0.249. The zero-order valence-electron chi connectivity index (χ0n) is 17.7. The second-order valence-corrected chi connectivity index (χ2v) is 7.16. The van der Waals surface area contributed by atoms with E-state index in [0.717, 1.165) is 27.9 Å². The predicted molar refractivity (Wildman–Crippen MR) is 123 cm³/mol. The molecule has 0 fully saturated rings. The maximum atomic E-state index is 11.4. The number of nitrogens with zero attached hydrogens (tertiary/aromatic N) is 3. The largest absolute Gasteiger partial charge is 0.469 e. The van der Waals surface area contributed by atoms with Crippen LogP contribution in [0, 0.1) is 0 Å². The van der Waals surface area contributed by atoms with Crippen LogP contribution < -0.4 is 0 Å². The van der Waals surface area contributed by atoms with Gasteiger partial charge < -0.3 is 9.57 Å². The number of carbonyl (C=O) groups is 1. The van der Waals surface area contributed by atoms with Crippen molar-refractivity contribution in [3.05, 3.63) is 120 Å². The molecule has 6 nitrogen and oxygen atoms in total. The number of aromatic nitrogens is 2. The number of oxime groups is 1. The number of ether oxygens (including phenoxy) is 1. The number of esters is 1. The Morgan fingerprint density at radius 1 is 0.875 bits per heavy atom.